The van der Waals surface area contributed by atoms with Crippen LogP contribution in [0.4, 0.5) is 4.39 Å². The van der Waals surface area contributed by atoms with Gasteiger partial charge in [0.1, 0.15) is 5.82 Å². The number of primary amides is 1. The number of hydrogen-bond acceptors (Lipinski definition) is 4. The Labute approximate surface area is 115 Å². The van der Waals surface area contributed by atoms with Gasteiger partial charge < -0.3 is 5.73 Å². The van der Waals surface area contributed by atoms with E-state index in [1.807, 2.05) is 20.8 Å². The minimum atomic E-state index is -0.514. The molecule has 0 unspecified atom stereocenters. The highest BCUT2D eigenvalue weighted by Crippen LogP contribution is 2.24. The van der Waals surface area contributed by atoms with Gasteiger partial charge in [-0.1, -0.05) is 0 Å². The average molecular weight is 277 g/mol. The molecule has 0 fully saturated rings. The van der Waals surface area contributed by atoms with Crippen LogP contribution in [0.5, 0.6) is 0 Å². The maximum Gasteiger partial charge on any atom is 0.225 e. The molecule has 2 aromatic rings. The number of nitrogens with zero attached hydrogens (tertiary/aromatic N) is 4. The van der Waals surface area contributed by atoms with Crippen molar-refractivity contribution in [1.29, 1.82) is 0 Å². The average Bonchev–Trinajstić information content (AvgIpc) is 2.71. The van der Waals surface area contributed by atoms with Crippen molar-refractivity contribution in [3.8, 4) is 11.4 Å². The van der Waals surface area contributed by atoms with Crippen molar-refractivity contribution >= 4 is 5.91 Å². The molecule has 0 saturated heterocycles. The zero-order valence-electron chi connectivity index (χ0n) is 11.6. The minimum Gasteiger partial charge on any atom is -0.369 e. The molecule has 106 valence electrons. The van der Waals surface area contributed by atoms with E-state index in [2.05, 4.69) is 15.1 Å². The predicted octanol–water partition coefficient (Wildman–Crippen LogP) is 1.26. The summed E-state index contributed by atoms with van der Waals surface area (Å²) in [4.78, 5) is 19.1. The molecule has 2 aromatic heterocycles. The maximum atomic E-state index is 13.3. The highest BCUT2D eigenvalue weighted by molar-refractivity contribution is 5.75. The second-order valence-electron chi connectivity index (χ2n) is 5.47. The van der Waals surface area contributed by atoms with Crippen molar-refractivity contribution in [3.63, 3.8) is 0 Å². The van der Waals surface area contributed by atoms with E-state index in [9.17, 15) is 9.18 Å². The molecule has 0 aliphatic rings. The van der Waals surface area contributed by atoms with Gasteiger partial charge in [0.25, 0.3) is 0 Å². The minimum absolute atomic E-state index is 0.0567. The normalized spacial score (nSPS) is 11.6. The quantitative estimate of drug-likeness (QED) is 0.915. The van der Waals surface area contributed by atoms with Crippen LogP contribution < -0.4 is 5.73 Å². The van der Waals surface area contributed by atoms with Gasteiger partial charge in [0.2, 0.25) is 5.91 Å². The second kappa shape index (κ2) is 4.99. The third-order valence-electron chi connectivity index (χ3n) is 2.58. The van der Waals surface area contributed by atoms with E-state index in [4.69, 9.17) is 5.73 Å². The van der Waals surface area contributed by atoms with Crippen LogP contribution >= 0.6 is 0 Å². The molecule has 20 heavy (non-hydrogen) atoms. The van der Waals surface area contributed by atoms with Crippen LogP contribution in [0.3, 0.4) is 0 Å². The monoisotopic (exact) mass is 277 g/mol. The van der Waals surface area contributed by atoms with Gasteiger partial charge in [-0.25, -0.2) is 14.1 Å². The molecule has 2 rings (SSSR count). The standard InChI is InChI=1S/C13H16FN5O/c1-13(2,3)19-12(8-4-9(14)7-16-6-8)17-11(18-19)5-10(15)20/h4,6-7H,5H2,1-3H3,(H2,15,20). The zero-order valence-corrected chi connectivity index (χ0v) is 11.6. The van der Waals surface area contributed by atoms with Gasteiger partial charge in [-0.15, -0.1) is 0 Å². The molecule has 6 nitrogen and oxygen atoms in total. The maximum absolute atomic E-state index is 13.3. The fourth-order valence-electron chi connectivity index (χ4n) is 1.77. The van der Waals surface area contributed by atoms with Crippen LogP contribution in [0.25, 0.3) is 11.4 Å². The summed E-state index contributed by atoms with van der Waals surface area (Å²) in [6, 6.07) is 1.33. The molecular weight excluding hydrogens is 261 g/mol. The topological polar surface area (TPSA) is 86.7 Å². The lowest BCUT2D eigenvalue weighted by atomic mass is 10.1. The predicted molar refractivity (Wildman–Crippen MR) is 71.1 cm³/mol. The Bertz CT molecular complexity index is 644. The molecule has 0 aromatic carbocycles. The van der Waals surface area contributed by atoms with Crippen LogP contribution in [0, 0.1) is 5.82 Å². The van der Waals surface area contributed by atoms with E-state index in [0.29, 0.717) is 17.2 Å². The largest absolute Gasteiger partial charge is 0.369 e. The Morgan fingerprint density at radius 1 is 1.40 bits per heavy atom. The summed E-state index contributed by atoms with van der Waals surface area (Å²) in [5.74, 6) is -0.199. The van der Waals surface area contributed by atoms with Crippen molar-refractivity contribution in [1.82, 2.24) is 19.7 Å². The number of halogens is 1. The molecule has 0 aliphatic carbocycles. The van der Waals surface area contributed by atoms with Gasteiger partial charge in [0, 0.05) is 11.8 Å². The third-order valence-corrected chi connectivity index (χ3v) is 2.58. The molecule has 2 N–H and O–H groups in total. The summed E-state index contributed by atoms with van der Waals surface area (Å²) in [7, 11) is 0. The molecule has 0 aliphatic heterocycles. The third kappa shape index (κ3) is 2.98. The number of carbonyl (C=O) groups is 1. The summed E-state index contributed by atoms with van der Waals surface area (Å²) in [5, 5.41) is 4.28. The number of pyridine rings is 1. The second-order valence-corrected chi connectivity index (χ2v) is 5.47. The van der Waals surface area contributed by atoms with E-state index in [1.165, 1.54) is 12.3 Å². The van der Waals surface area contributed by atoms with Gasteiger partial charge in [-0.3, -0.25) is 9.78 Å². The van der Waals surface area contributed by atoms with Gasteiger partial charge >= 0.3 is 0 Å². The smallest absolute Gasteiger partial charge is 0.225 e. The highest BCUT2D eigenvalue weighted by Gasteiger charge is 2.23. The van der Waals surface area contributed by atoms with Crippen molar-refractivity contribution in [3.05, 3.63) is 30.1 Å². The molecule has 0 radical (unpaired) electrons. The summed E-state index contributed by atoms with van der Waals surface area (Å²) in [5.41, 5.74) is 5.29. The van der Waals surface area contributed by atoms with Crippen molar-refractivity contribution in [2.24, 2.45) is 5.73 Å². The lowest BCUT2D eigenvalue weighted by molar-refractivity contribution is -0.117. The van der Waals surface area contributed by atoms with Crippen LogP contribution in [-0.2, 0) is 16.8 Å². The van der Waals surface area contributed by atoms with Crippen molar-refractivity contribution in [2.75, 3.05) is 0 Å². The number of rotatable bonds is 3. The zero-order chi connectivity index (χ0) is 14.9. The Kier molecular flexibility index (Phi) is 3.52. The molecule has 0 atom stereocenters. The van der Waals surface area contributed by atoms with Crippen molar-refractivity contribution < 1.29 is 9.18 Å². The molecular formula is C13H16FN5O. The number of nitrogens with two attached hydrogens (primary N) is 1. The number of carbonyl (C=O) groups excluding carboxylic acids is 1. The fourth-order valence-corrected chi connectivity index (χ4v) is 1.77. The first-order valence-corrected chi connectivity index (χ1v) is 6.13. The summed E-state index contributed by atoms with van der Waals surface area (Å²) >= 11 is 0. The van der Waals surface area contributed by atoms with Crippen LogP contribution in [0.2, 0.25) is 0 Å². The summed E-state index contributed by atoms with van der Waals surface area (Å²) in [6.07, 6.45) is 2.56. The number of aromatic nitrogens is 4. The first-order chi connectivity index (χ1) is 9.27. The van der Waals surface area contributed by atoms with Gasteiger partial charge in [-0.05, 0) is 26.8 Å². The van der Waals surface area contributed by atoms with E-state index in [0.717, 1.165) is 6.20 Å². The SMILES string of the molecule is CC(C)(C)n1nc(CC(N)=O)nc1-c1cncc(F)c1. The lowest BCUT2D eigenvalue weighted by Gasteiger charge is -2.21. The molecule has 0 saturated carbocycles. The first-order valence-electron chi connectivity index (χ1n) is 6.13. The van der Waals surface area contributed by atoms with E-state index in [1.54, 1.807) is 4.68 Å². The molecule has 7 heteroatoms. The molecule has 2 heterocycles. The van der Waals surface area contributed by atoms with E-state index < -0.39 is 11.7 Å². The number of hydrogen-bond donors (Lipinski definition) is 1. The Balaban J connectivity index is 2.55. The van der Waals surface area contributed by atoms with Gasteiger partial charge in [0.05, 0.1) is 18.2 Å². The van der Waals surface area contributed by atoms with Crippen LogP contribution in [0.1, 0.15) is 26.6 Å². The highest BCUT2D eigenvalue weighted by atomic mass is 19.1. The molecule has 0 spiro atoms. The summed E-state index contributed by atoms with van der Waals surface area (Å²) in [6.45, 7) is 5.81. The lowest BCUT2D eigenvalue weighted by Crippen LogP contribution is -2.24. The molecule has 1 amide bonds. The Morgan fingerprint density at radius 2 is 2.10 bits per heavy atom. The number of amides is 1. The Hall–Kier alpha value is -2.31. The van der Waals surface area contributed by atoms with E-state index >= 15 is 0 Å². The Morgan fingerprint density at radius 3 is 2.65 bits per heavy atom. The first kappa shape index (κ1) is 14.1. The van der Waals surface area contributed by atoms with Gasteiger partial charge in [0.15, 0.2) is 11.6 Å². The van der Waals surface area contributed by atoms with Gasteiger partial charge in [-0.2, -0.15) is 5.10 Å². The van der Waals surface area contributed by atoms with E-state index in [-0.39, 0.29) is 12.0 Å². The summed E-state index contributed by atoms with van der Waals surface area (Å²) < 4.78 is 14.9. The van der Waals surface area contributed by atoms with Crippen LogP contribution in [-0.4, -0.2) is 25.7 Å². The molecule has 0 bridgehead atoms. The van der Waals surface area contributed by atoms with Crippen molar-refractivity contribution in [2.45, 2.75) is 32.7 Å². The fraction of sp³-hybridized carbons (Fsp3) is 0.385. The van der Waals surface area contributed by atoms with Crippen LogP contribution in [0.15, 0.2) is 18.5 Å².